The first-order valence-corrected chi connectivity index (χ1v) is 4.06. The highest BCUT2D eigenvalue weighted by molar-refractivity contribution is 9.10. The van der Waals surface area contributed by atoms with Crippen molar-refractivity contribution in [3.05, 3.63) is 34.6 Å². The van der Waals surface area contributed by atoms with Gasteiger partial charge in [-0.05, 0) is 33.6 Å². The molecular weight excluding hydrogens is 220 g/mol. The molecule has 1 rings (SSSR count). The van der Waals surface area contributed by atoms with E-state index < -0.39 is 5.91 Å². The molecule has 2 N–H and O–H groups in total. The first-order valence-electron chi connectivity index (χ1n) is 3.27. The van der Waals surface area contributed by atoms with E-state index in [1.807, 2.05) is 0 Å². The molecule has 1 heterocycles. The SMILES string of the molecule is NC(=O)/C=C\c1ccncc1Br. The van der Waals surface area contributed by atoms with Crippen molar-refractivity contribution < 1.29 is 4.79 Å². The number of carbonyl (C=O) groups excluding carboxylic acids is 1. The van der Waals surface area contributed by atoms with Gasteiger partial charge in [0.25, 0.3) is 0 Å². The van der Waals surface area contributed by atoms with Crippen molar-refractivity contribution in [1.82, 2.24) is 4.98 Å². The molecule has 0 bridgehead atoms. The maximum absolute atomic E-state index is 10.4. The van der Waals surface area contributed by atoms with Crippen LogP contribution < -0.4 is 5.73 Å². The second-order valence-electron chi connectivity index (χ2n) is 2.13. The van der Waals surface area contributed by atoms with Crippen molar-refractivity contribution in [2.24, 2.45) is 5.73 Å². The largest absolute Gasteiger partial charge is 0.366 e. The van der Waals surface area contributed by atoms with Gasteiger partial charge in [0.2, 0.25) is 5.91 Å². The van der Waals surface area contributed by atoms with Crippen molar-refractivity contribution in [3.63, 3.8) is 0 Å². The van der Waals surface area contributed by atoms with Crippen LogP contribution >= 0.6 is 15.9 Å². The topological polar surface area (TPSA) is 56.0 Å². The van der Waals surface area contributed by atoms with Crippen molar-refractivity contribution in [2.45, 2.75) is 0 Å². The van der Waals surface area contributed by atoms with Gasteiger partial charge in [-0.15, -0.1) is 0 Å². The first-order chi connectivity index (χ1) is 5.70. The summed E-state index contributed by atoms with van der Waals surface area (Å²) in [5.41, 5.74) is 5.81. The molecule has 0 saturated carbocycles. The quantitative estimate of drug-likeness (QED) is 0.775. The number of aromatic nitrogens is 1. The molecule has 0 fully saturated rings. The average Bonchev–Trinajstić information content (AvgIpc) is 2.03. The molecule has 1 aromatic heterocycles. The fraction of sp³-hybridized carbons (Fsp3) is 0. The Morgan fingerprint density at radius 2 is 2.42 bits per heavy atom. The monoisotopic (exact) mass is 226 g/mol. The molecule has 0 saturated heterocycles. The maximum Gasteiger partial charge on any atom is 0.241 e. The van der Waals surface area contributed by atoms with E-state index in [0.29, 0.717) is 0 Å². The third kappa shape index (κ3) is 2.47. The number of pyridine rings is 1. The van der Waals surface area contributed by atoms with Crippen LogP contribution in [0.2, 0.25) is 0 Å². The van der Waals surface area contributed by atoms with Gasteiger partial charge in [0.05, 0.1) is 0 Å². The van der Waals surface area contributed by atoms with E-state index in [2.05, 4.69) is 20.9 Å². The Hall–Kier alpha value is -1.16. The zero-order chi connectivity index (χ0) is 8.97. The normalized spacial score (nSPS) is 10.4. The molecule has 0 radical (unpaired) electrons. The van der Waals surface area contributed by atoms with E-state index in [1.54, 1.807) is 24.5 Å². The van der Waals surface area contributed by atoms with Crippen LogP contribution in [0.1, 0.15) is 5.56 Å². The predicted octanol–water partition coefficient (Wildman–Crippen LogP) is 1.34. The molecule has 0 aliphatic carbocycles. The molecule has 0 spiro atoms. The minimum atomic E-state index is -0.460. The standard InChI is InChI=1S/C8H7BrN2O/c9-7-5-11-4-3-6(7)1-2-8(10)12/h1-5H,(H2,10,12)/b2-1-. The smallest absolute Gasteiger partial charge is 0.241 e. The van der Waals surface area contributed by atoms with Crippen LogP contribution in [0.5, 0.6) is 0 Å². The summed E-state index contributed by atoms with van der Waals surface area (Å²) in [4.78, 5) is 14.3. The molecule has 1 amide bonds. The Balaban J connectivity index is 2.89. The molecule has 4 heteroatoms. The summed E-state index contributed by atoms with van der Waals surface area (Å²) in [5.74, 6) is -0.460. The lowest BCUT2D eigenvalue weighted by atomic mass is 10.2. The molecule has 0 aliphatic rings. The molecule has 1 aromatic rings. The van der Waals surface area contributed by atoms with E-state index >= 15 is 0 Å². The van der Waals surface area contributed by atoms with Gasteiger partial charge < -0.3 is 5.73 Å². The molecule has 0 aromatic carbocycles. The number of primary amides is 1. The van der Waals surface area contributed by atoms with Crippen molar-refractivity contribution >= 4 is 27.9 Å². The fourth-order valence-electron chi connectivity index (χ4n) is 0.693. The van der Waals surface area contributed by atoms with Gasteiger partial charge in [0.1, 0.15) is 0 Å². The van der Waals surface area contributed by atoms with Crippen LogP contribution in [0, 0.1) is 0 Å². The first kappa shape index (κ1) is 8.93. The lowest BCUT2D eigenvalue weighted by Gasteiger charge is -1.94. The van der Waals surface area contributed by atoms with E-state index in [-0.39, 0.29) is 0 Å². The second kappa shape index (κ2) is 4.01. The number of hydrogen-bond donors (Lipinski definition) is 1. The van der Waals surface area contributed by atoms with Crippen LogP contribution in [-0.2, 0) is 4.79 Å². The van der Waals surface area contributed by atoms with Gasteiger partial charge in [-0.2, -0.15) is 0 Å². The van der Waals surface area contributed by atoms with Gasteiger partial charge in [-0.3, -0.25) is 9.78 Å². The number of halogens is 1. The third-order valence-corrected chi connectivity index (χ3v) is 1.89. The second-order valence-corrected chi connectivity index (χ2v) is 2.99. The van der Waals surface area contributed by atoms with E-state index in [1.165, 1.54) is 6.08 Å². The number of amides is 1. The summed E-state index contributed by atoms with van der Waals surface area (Å²) in [5, 5.41) is 0. The summed E-state index contributed by atoms with van der Waals surface area (Å²) in [6.45, 7) is 0. The van der Waals surface area contributed by atoms with Gasteiger partial charge >= 0.3 is 0 Å². The number of carbonyl (C=O) groups is 1. The highest BCUT2D eigenvalue weighted by Crippen LogP contribution is 2.15. The third-order valence-electron chi connectivity index (χ3n) is 1.23. The van der Waals surface area contributed by atoms with Crippen LogP contribution in [0.25, 0.3) is 6.08 Å². The average molecular weight is 227 g/mol. The summed E-state index contributed by atoms with van der Waals surface area (Å²) in [7, 11) is 0. The van der Waals surface area contributed by atoms with Gasteiger partial charge in [0.15, 0.2) is 0 Å². The lowest BCUT2D eigenvalue weighted by Crippen LogP contribution is -2.05. The van der Waals surface area contributed by atoms with E-state index in [4.69, 9.17) is 5.73 Å². The van der Waals surface area contributed by atoms with E-state index in [9.17, 15) is 4.79 Å². The summed E-state index contributed by atoms with van der Waals surface area (Å²) in [6, 6.07) is 1.78. The Kier molecular flexibility index (Phi) is 2.99. The number of rotatable bonds is 2. The Bertz CT molecular complexity index is 323. The Morgan fingerprint density at radius 3 is 3.00 bits per heavy atom. The lowest BCUT2D eigenvalue weighted by molar-refractivity contribution is -0.113. The zero-order valence-corrected chi connectivity index (χ0v) is 7.78. The van der Waals surface area contributed by atoms with Crippen molar-refractivity contribution in [3.8, 4) is 0 Å². The van der Waals surface area contributed by atoms with Crippen molar-refractivity contribution in [2.75, 3.05) is 0 Å². The summed E-state index contributed by atoms with van der Waals surface area (Å²) >= 11 is 3.28. The van der Waals surface area contributed by atoms with Crippen LogP contribution in [0.4, 0.5) is 0 Å². The zero-order valence-electron chi connectivity index (χ0n) is 6.20. The highest BCUT2D eigenvalue weighted by atomic mass is 79.9. The molecule has 62 valence electrons. The molecule has 12 heavy (non-hydrogen) atoms. The summed E-state index contributed by atoms with van der Waals surface area (Å²) in [6.07, 6.45) is 6.24. The number of nitrogens with two attached hydrogens (primary N) is 1. The fourth-order valence-corrected chi connectivity index (χ4v) is 1.08. The summed E-state index contributed by atoms with van der Waals surface area (Å²) < 4.78 is 0.836. The van der Waals surface area contributed by atoms with E-state index in [0.717, 1.165) is 10.0 Å². The minimum absolute atomic E-state index is 0.460. The number of hydrogen-bond acceptors (Lipinski definition) is 2. The van der Waals surface area contributed by atoms with Crippen LogP contribution in [-0.4, -0.2) is 10.9 Å². The maximum atomic E-state index is 10.4. The minimum Gasteiger partial charge on any atom is -0.366 e. The Labute approximate surface area is 78.4 Å². The van der Waals surface area contributed by atoms with Gasteiger partial charge in [-0.25, -0.2) is 0 Å². The van der Waals surface area contributed by atoms with Crippen molar-refractivity contribution in [1.29, 1.82) is 0 Å². The highest BCUT2D eigenvalue weighted by Gasteiger charge is 1.93. The van der Waals surface area contributed by atoms with Crippen LogP contribution in [0.15, 0.2) is 29.0 Å². The molecular formula is C8H7BrN2O. The number of nitrogens with zero attached hydrogens (tertiary/aromatic N) is 1. The van der Waals surface area contributed by atoms with Gasteiger partial charge in [0, 0.05) is 22.9 Å². The van der Waals surface area contributed by atoms with Gasteiger partial charge in [-0.1, -0.05) is 0 Å². The molecule has 0 atom stereocenters. The Morgan fingerprint density at radius 1 is 1.67 bits per heavy atom. The molecule has 3 nitrogen and oxygen atoms in total. The molecule has 0 unspecified atom stereocenters. The molecule has 0 aliphatic heterocycles. The predicted molar refractivity (Wildman–Crippen MR) is 50.2 cm³/mol. The van der Waals surface area contributed by atoms with Crippen LogP contribution in [0.3, 0.4) is 0 Å².